The Labute approximate surface area is 213 Å². The van der Waals surface area contributed by atoms with Crippen molar-refractivity contribution in [1.82, 2.24) is 4.98 Å². The van der Waals surface area contributed by atoms with Gasteiger partial charge in [0.05, 0.1) is 13.7 Å². The van der Waals surface area contributed by atoms with Crippen LogP contribution in [0.1, 0.15) is 27.8 Å². The quantitative estimate of drug-likeness (QED) is 0.324. The lowest BCUT2D eigenvalue weighted by molar-refractivity contribution is -0.357. The number of aliphatic hydroxyl groups excluding tert-OH is 4. The van der Waals surface area contributed by atoms with Crippen LogP contribution in [0.2, 0.25) is 5.02 Å². The zero-order valence-electron chi connectivity index (χ0n) is 19.4. The summed E-state index contributed by atoms with van der Waals surface area (Å²) in [5.74, 6) is 4.30. The first-order valence-electron chi connectivity index (χ1n) is 11.2. The molecule has 0 radical (unpaired) electrons. The van der Waals surface area contributed by atoms with Gasteiger partial charge in [-0.3, -0.25) is 0 Å². The molecule has 9 heteroatoms. The van der Waals surface area contributed by atoms with Crippen LogP contribution in [0.25, 0.3) is 0 Å². The highest BCUT2D eigenvalue weighted by Crippen LogP contribution is 2.37. The van der Waals surface area contributed by atoms with E-state index in [1.54, 1.807) is 31.5 Å². The SMILES string of the molecule is COc1ccc(C#Cc2ccc(Cc3cc([C@@]4(O)O[C@H](CO)[C@@H](O)[C@H](O)[C@H]4O)ccc3Cl)cc2)cn1. The molecule has 0 amide bonds. The van der Waals surface area contributed by atoms with Crippen LogP contribution in [0.4, 0.5) is 0 Å². The molecule has 4 rings (SSSR count). The van der Waals surface area contributed by atoms with E-state index in [1.807, 2.05) is 30.3 Å². The molecule has 2 aromatic carbocycles. The van der Waals surface area contributed by atoms with Crippen LogP contribution in [0.15, 0.2) is 60.8 Å². The minimum Gasteiger partial charge on any atom is -0.481 e. The van der Waals surface area contributed by atoms with Crippen molar-refractivity contribution in [3.63, 3.8) is 0 Å². The van der Waals surface area contributed by atoms with Gasteiger partial charge >= 0.3 is 0 Å². The predicted molar refractivity (Wildman–Crippen MR) is 131 cm³/mol. The Bertz CT molecular complexity index is 1250. The largest absolute Gasteiger partial charge is 0.481 e. The number of ether oxygens (including phenoxy) is 2. The molecule has 1 aliphatic heterocycles. The average Bonchev–Trinajstić information content (AvgIpc) is 2.90. The highest BCUT2D eigenvalue weighted by Gasteiger charge is 2.53. The summed E-state index contributed by atoms with van der Waals surface area (Å²) in [6.45, 7) is -0.655. The van der Waals surface area contributed by atoms with E-state index in [1.165, 1.54) is 6.07 Å². The van der Waals surface area contributed by atoms with E-state index in [0.717, 1.165) is 16.7 Å². The molecule has 0 spiro atoms. The molecule has 36 heavy (non-hydrogen) atoms. The maximum atomic E-state index is 11.1. The Morgan fingerprint density at radius 1 is 1.00 bits per heavy atom. The monoisotopic (exact) mass is 511 g/mol. The zero-order chi connectivity index (χ0) is 25.9. The molecule has 1 aliphatic rings. The molecular formula is C27H26ClNO7. The third-order valence-corrected chi connectivity index (χ3v) is 6.44. The van der Waals surface area contributed by atoms with E-state index < -0.39 is 36.8 Å². The highest BCUT2D eigenvalue weighted by atomic mass is 35.5. The Morgan fingerprint density at radius 3 is 2.33 bits per heavy atom. The lowest BCUT2D eigenvalue weighted by Gasteiger charge is -2.45. The maximum absolute atomic E-state index is 11.1. The molecule has 8 nitrogen and oxygen atoms in total. The number of benzene rings is 2. The summed E-state index contributed by atoms with van der Waals surface area (Å²) < 4.78 is 10.5. The van der Waals surface area contributed by atoms with E-state index in [9.17, 15) is 25.5 Å². The van der Waals surface area contributed by atoms with Crippen molar-refractivity contribution in [2.45, 2.75) is 36.6 Å². The number of hydrogen-bond acceptors (Lipinski definition) is 8. The van der Waals surface area contributed by atoms with Crippen LogP contribution >= 0.6 is 11.6 Å². The Morgan fingerprint density at radius 2 is 1.69 bits per heavy atom. The molecule has 5 N–H and O–H groups in total. The van der Waals surface area contributed by atoms with Gasteiger partial charge in [-0.1, -0.05) is 41.6 Å². The minimum absolute atomic E-state index is 0.134. The number of nitrogens with zero attached hydrogens (tertiary/aromatic N) is 1. The first-order chi connectivity index (χ1) is 17.2. The molecule has 1 saturated heterocycles. The minimum atomic E-state index is -2.35. The number of hydrogen-bond donors (Lipinski definition) is 5. The Balaban J connectivity index is 1.53. The summed E-state index contributed by atoms with van der Waals surface area (Å²) in [5, 5.41) is 51.6. The van der Waals surface area contributed by atoms with Crippen LogP contribution in [0.5, 0.6) is 5.88 Å². The van der Waals surface area contributed by atoms with E-state index in [0.29, 0.717) is 22.9 Å². The molecule has 1 fully saturated rings. The summed E-state index contributed by atoms with van der Waals surface area (Å²) in [6.07, 6.45) is -4.36. The molecule has 0 unspecified atom stereocenters. The molecule has 0 saturated carbocycles. The maximum Gasteiger partial charge on any atom is 0.222 e. The van der Waals surface area contributed by atoms with Gasteiger partial charge in [0.1, 0.15) is 24.4 Å². The number of halogens is 1. The van der Waals surface area contributed by atoms with E-state index in [-0.39, 0.29) is 5.56 Å². The first kappa shape index (κ1) is 26.1. The lowest BCUT2D eigenvalue weighted by Crippen LogP contribution is -2.63. The molecule has 1 aromatic heterocycles. The molecule has 0 bridgehead atoms. The Kier molecular flexibility index (Phi) is 7.93. The van der Waals surface area contributed by atoms with E-state index in [2.05, 4.69) is 16.8 Å². The van der Waals surface area contributed by atoms with Crippen LogP contribution in [-0.2, 0) is 16.9 Å². The molecule has 0 aliphatic carbocycles. The van der Waals surface area contributed by atoms with Gasteiger partial charge in [-0.25, -0.2) is 4.98 Å². The fraction of sp³-hybridized carbons (Fsp3) is 0.296. The van der Waals surface area contributed by atoms with Gasteiger partial charge in [-0.05, 0) is 47.9 Å². The van der Waals surface area contributed by atoms with Crippen molar-refractivity contribution in [3.05, 3.63) is 93.6 Å². The molecule has 5 atom stereocenters. The van der Waals surface area contributed by atoms with Gasteiger partial charge in [0.2, 0.25) is 11.7 Å². The molecule has 3 aromatic rings. The predicted octanol–water partition coefficient (Wildman–Crippen LogP) is 1.35. The van der Waals surface area contributed by atoms with Crippen LogP contribution in [0, 0.1) is 11.8 Å². The normalized spacial score (nSPS) is 25.6. The van der Waals surface area contributed by atoms with E-state index >= 15 is 0 Å². The topological polar surface area (TPSA) is 132 Å². The second kappa shape index (κ2) is 10.9. The van der Waals surface area contributed by atoms with Crippen molar-refractivity contribution in [2.24, 2.45) is 0 Å². The average molecular weight is 512 g/mol. The third kappa shape index (κ3) is 5.38. The second-order valence-corrected chi connectivity index (χ2v) is 8.89. The fourth-order valence-corrected chi connectivity index (χ4v) is 4.15. The van der Waals surface area contributed by atoms with Gasteiger partial charge in [0.15, 0.2) is 0 Å². The summed E-state index contributed by atoms with van der Waals surface area (Å²) >= 11 is 6.39. The summed E-state index contributed by atoms with van der Waals surface area (Å²) in [7, 11) is 1.55. The zero-order valence-corrected chi connectivity index (χ0v) is 20.1. The number of methoxy groups -OCH3 is 1. The fourth-order valence-electron chi connectivity index (χ4n) is 3.97. The third-order valence-electron chi connectivity index (χ3n) is 6.07. The number of rotatable bonds is 5. The van der Waals surface area contributed by atoms with Crippen molar-refractivity contribution < 1.29 is 35.0 Å². The van der Waals surface area contributed by atoms with Gasteiger partial charge in [-0.15, -0.1) is 0 Å². The van der Waals surface area contributed by atoms with Crippen molar-refractivity contribution in [2.75, 3.05) is 13.7 Å². The van der Waals surface area contributed by atoms with Gasteiger partial charge in [0, 0.05) is 34.0 Å². The van der Waals surface area contributed by atoms with Crippen molar-refractivity contribution in [1.29, 1.82) is 0 Å². The molecular weight excluding hydrogens is 486 g/mol. The summed E-state index contributed by atoms with van der Waals surface area (Å²) in [5.41, 5.74) is 3.27. The Hall–Kier alpha value is -3.00. The number of aromatic nitrogens is 1. The number of pyridine rings is 1. The second-order valence-electron chi connectivity index (χ2n) is 8.48. The van der Waals surface area contributed by atoms with Crippen LogP contribution in [0.3, 0.4) is 0 Å². The first-order valence-corrected chi connectivity index (χ1v) is 11.6. The van der Waals surface area contributed by atoms with E-state index in [4.69, 9.17) is 21.1 Å². The van der Waals surface area contributed by atoms with Crippen LogP contribution in [-0.4, -0.2) is 68.6 Å². The highest BCUT2D eigenvalue weighted by molar-refractivity contribution is 6.31. The lowest BCUT2D eigenvalue weighted by atomic mass is 9.87. The van der Waals surface area contributed by atoms with Crippen LogP contribution < -0.4 is 4.74 Å². The summed E-state index contributed by atoms with van der Waals surface area (Å²) in [6, 6.07) is 15.7. The molecule has 2 heterocycles. The van der Waals surface area contributed by atoms with Gasteiger partial charge in [0.25, 0.3) is 0 Å². The van der Waals surface area contributed by atoms with Gasteiger partial charge < -0.3 is 35.0 Å². The standard InChI is InChI=1S/C27H26ClNO7/c1-35-23-11-8-18(14-29-23)7-4-16-2-5-17(6-3-16)12-19-13-20(9-10-21(19)28)27(34)26(33)25(32)24(31)22(15-30)36-27/h2-3,5-6,8-11,13-14,22,24-26,30-34H,12,15H2,1H3/t22-,24-,25+,26-,27-/m1/s1. The molecule has 188 valence electrons. The van der Waals surface area contributed by atoms with Gasteiger partial charge in [-0.2, -0.15) is 0 Å². The smallest absolute Gasteiger partial charge is 0.222 e. The summed E-state index contributed by atoms with van der Waals surface area (Å²) in [4.78, 5) is 4.13. The van der Waals surface area contributed by atoms with Crippen molar-refractivity contribution >= 4 is 11.6 Å². The van der Waals surface area contributed by atoms with Crippen molar-refractivity contribution in [3.8, 4) is 17.7 Å². The number of aliphatic hydroxyl groups is 5.